The highest BCUT2D eigenvalue weighted by atomic mass is 28.4. The molecule has 2 N–H and O–H groups in total. The van der Waals surface area contributed by atoms with Crippen molar-refractivity contribution in [2.24, 2.45) is 0 Å². The molecule has 0 amide bonds. The van der Waals surface area contributed by atoms with Crippen LogP contribution in [0.1, 0.15) is 33.1 Å². The van der Waals surface area contributed by atoms with E-state index in [2.05, 4.69) is 13.8 Å². The Bertz CT molecular complexity index is 680. The molecule has 27 heavy (non-hydrogen) atoms. The first-order valence-corrected chi connectivity index (χ1v) is 11.5. The molecule has 0 bridgehead atoms. The number of hydrogen-bond donors (Lipinski definition) is 2. The summed E-state index contributed by atoms with van der Waals surface area (Å²) in [5, 5.41) is 11.9. The summed E-state index contributed by atoms with van der Waals surface area (Å²) in [6, 6.07) is 20.0. The van der Waals surface area contributed by atoms with Crippen LogP contribution < -0.4 is 10.4 Å². The van der Waals surface area contributed by atoms with E-state index in [1.807, 2.05) is 60.7 Å². The van der Waals surface area contributed by atoms with E-state index in [9.17, 15) is 9.90 Å². The molecule has 0 aliphatic carbocycles. The van der Waals surface area contributed by atoms with Gasteiger partial charge in [-0.3, -0.25) is 0 Å². The lowest BCUT2D eigenvalue weighted by atomic mass is 10.0. The summed E-state index contributed by atoms with van der Waals surface area (Å²) in [7, 11) is -1.42. The van der Waals surface area contributed by atoms with Crippen molar-refractivity contribution in [3.05, 3.63) is 60.7 Å². The molecule has 3 atom stereocenters. The largest absolute Gasteiger partial charge is 0.424 e. The fourth-order valence-electron chi connectivity index (χ4n) is 4.09. The van der Waals surface area contributed by atoms with Gasteiger partial charge in [0.1, 0.15) is 0 Å². The van der Waals surface area contributed by atoms with Crippen LogP contribution in [0, 0.1) is 0 Å². The van der Waals surface area contributed by atoms with Gasteiger partial charge in [-0.2, -0.15) is 0 Å². The predicted molar refractivity (Wildman–Crippen MR) is 110 cm³/mol. The quantitative estimate of drug-likeness (QED) is 0.718. The Morgan fingerprint density at radius 2 is 1.56 bits per heavy atom. The molecule has 1 heterocycles. The van der Waals surface area contributed by atoms with Gasteiger partial charge in [0.2, 0.25) is 0 Å². The van der Waals surface area contributed by atoms with Gasteiger partial charge in [0.05, 0.1) is 12.2 Å². The van der Waals surface area contributed by atoms with Gasteiger partial charge >= 0.3 is 0 Å². The molecule has 1 unspecified atom stereocenters. The van der Waals surface area contributed by atoms with Gasteiger partial charge in [-0.05, 0) is 28.3 Å². The fourth-order valence-corrected chi connectivity index (χ4v) is 7.85. The smallest absolute Gasteiger partial charge is 0.258 e. The van der Waals surface area contributed by atoms with Crippen LogP contribution in [-0.4, -0.2) is 43.8 Å². The van der Waals surface area contributed by atoms with Crippen molar-refractivity contribution in [2.75, 3.05) is 7.11 Å². The van der Waals surface area contributed by atoms with E-state index in [0.717, 1.165) is 16.8 Å². The molecule has 1 aliphatic heterocycles. The van der Waals surface area contributed by atoms with Crippen LogP contribution in [0.5, 0.6) is 0 Å². The number of ether oxygens (including phenoxy) is 2. The average Bonchev–Trinajstić information content (AvgIpc) is 3.07. The van der Waals surface area contributed by atoms with E-state index in [1.165, 1.54) is 0 Å². The maximum absolute atomic E-state index is 12.1. The SMILES string of the molecule is COC1C[C@H](O)[C@@H](CCC(C)(C)[Si](O)(c2ccccc2)c2ccccc2)O1. The molecule has 2 aromatic carbocycles. The van der Waals surface area contributed by atoms with Gasteiger partial charge in [0, 0.05) is 13.5 Å². The van der Waals surface area contributed by atoms with Crippen molar-refractivity contribution in [1.82, 2.24) is 0 Å². The first-order valence-electron chi connectivity index (χ1n) is 9.58. The number of hydrogen-bond acceptors (Lipinski definition) is 4. The highest BCUT2D eigenvalue weighted by Crippen LogP contribution is 2.41. The Balaban J connectivity index is 1.87. The zero-order valence-corrected chi connectivity index (χ0v) is 17.3. The summed E-state index contributed by atoms with van der Waals surface area (Å²) in [6.45, 7) is 4.27. The monoisotopic (exact) mass is 386 g/mol. The normalized spacial score (nSPS) is 23.5. The van der Waals surface area contributed by atoms with Crippen LogP contribution in [0.15, 0.2) is 60.7 Å². The number of aliphatic hydroxyl groups is 1. The molecule has 0 saturated carbocycles. The second-order valence-corrected chi connectivity index (χ2v) is 11.9. The van der Waals surface area contributed by atoms with Gasteiger partial charge < -0.3 is 19.4 Å². The molecule has 0 aromatic heterocycles. The molecule has 1 fully saturated rings. The molecular formula is C22H30O4Si. The molecule has 2 aromatic rings. The highest BCUT2D eigenvalue weighted by Gasteiger charge is 2.50. The molecule has 146 valence electrons. The van der Waals surface area contributed by atoms with Crippen LogP contribution in [0.3, 0.4) is 0 Å². The van der Waals surface area contributed by atoms with Crippen LogP contribution in [0.2, 0.25) is 5.04 Å². The highest BCUT2D eigenvalue weighted by molar-refractivity contribution is 6.98. The van der Waals surface area contributed by atoms with E-state index in [4.69, 9.17) is 9.47 Å². The molecule has 1 aliphatic rings. The minimum atomic E-state index is -3.02. The van der Waals surface area contributed by atoms with E-state index in [-0.39, 0.29) is 17.4 Å². The van der Waals surface area contributed by atoms with Gasteiger partial charge in [-0.25, -0.2) is 0 Å². The molecule has 0 radical (unpaired) electrons. The topological polar surface area (TPSA) is 58.9 Å². The standard InChI is InChI=1S/C22H30O4Si/c1-22(2,15-14-20-19(23)16-21(25-3)26-20)27(24,17-10-6-4-7-11-17)18-12-8-5-9-13-18/h4-13,19-21,23-24H,14-16H2,1-3H3/t19-,20+,21?/m0/s1. The van der Waals surface area contributed by atoms with Crippen molar-refractivity contribution < 1.29 is 19.4 Å². The zero-order valence-electron chi connectivity index (χ0n) is 16.3. The van der Waals surface area contributed by atoms with Crippen molar-refractivity contribution in [3.8, 4) is 0 Å². The lowest BCUT2D eigenvalue weighted by Crippen LogP contribution is -2.65. The maximum atomic E-state index is 12.1. The predicted octanol–water partition coefficient (Wildman–Crippen LogP) is 2.42. The first kappa shape index (κ1) is 20.2. The Kier molecular flexibility index (Phi) is 6.18. The molecule has 1 saturated heterocycles. The summed E-state index contributed by atoms with van der Waals surface area (Å²) >= 11 is 0. The van der Waals surface area contributed by atoms with Crippen molar-refractivity contribution >= 4 is 18.7 Å². The van der Waals surface area contributed by atoms with E-state index in [0.29, 0.717) is 12.8 Å². The Morgan fingerprint density at radius 3 is 2.00 bits per heavy atom. The Hall–Kier alpha value is -1.50. The van der Waals surface area contributed by atoms with Crippen molar-refractivity contribution in [1.29, 1.82) is 0 Å². The molecule has 5 heteroatoms. The summed E-state index contributed by atoms with van der Waals surface area (Å²) in [4.78, 5) is 12.1. The first-order chi connectivity index (χ1) is 12.9. The van der Waals surface area contributed by atoms with Gasteiger partial charge in [0.15, 0.2) is 6.29 Å². The molecule has 3 rings (SSSR count). The molecular weight excluding hydrogens is 356 g/mol. The zero-order chi connectivity index (χ0) is 19.5. The Morgan fingerprint density at radius 1 is 1.04 bits per heavy atom. The summed E-state index contributed by atoms with van der Waals surface area (Å²) in [5.74, 6) is 0. The Labute approximate surface area is 162 Å². The second-order valence-electron chi connectivity index (χ2n) is 8.01. The summed E-state index contributed by atoms with van der Waals surface area (Å²) in [5.41, 5.74) is 0. The van der Waals surface area contributed by atoms with Crippen LogP contribution in [0.25, 0.3) is 0 Å². The minimum absolute atomic E-state index is 0.251. The number of methoxy groups -OCH3 is 1. The lowest BCUT2D eigenvalue weighted by Gasteiger charge is -2.41. The second kappa shape index (κ2) is 8.25. The lowest BCUT2D eigenvalue weighted by molar-refractivity contribution is -0.119. The average molecular weight is 387 g/mol. The summed E-state index contributed by atoms with van der Waals surface area (Å²) < 4.78 is 11.0. The van der Waals surface area contributed by atoms with Gasteiger partial charge in [0.25, 0.3) is 8.32 Å². The van der Waals surface area contributed by atoms with Crippen LogP contribution in [0.4, 0.5) is 0 Å². The van der Waals surface area contributed by atoms with Crippen LogP contribution >= 0.6 is 0 Å². The number of rotatable bonds is 7. The summed E-state index contributed by atoms with van der Waals surface area (Å²) in [6.07, 6.45) is 0.821. The molecule has 0 spiro atoms. The number of aliphatic hydroxyl groups excluding tert-OH is 1. The molecule has 4 nitrogen and oxygen atoms in total. The van der Waals surface area contributed by atoms with E-state index < -0.39 is 14.4 Å². The third-order valence-corrected chi connectivity index (χ3v) is 10.4. The minimum Gasteiger partial charge on any atom is -0.424 e. The van der Waals surface area contributed by atoms with Crippen molar-refractivity contribution in [2.45, 2.75) is 56.6 Å². The van der Waals surface area contributed by atoms with Gasteiger partial charge in [-0.1, -0.05) is 74.5 Å². The van der Waals surface area contributed by atoms with Gasteiger partial charge in [-0.15, -0.1) is 0 Å². The maximum Gasteiger partial charge on any atom is 0.258 e. The van der Waals surface area contributed by atoms with Crippen molar-refractivity contribution in [3.63, 3.8) is 0 Å². The number of benzene rings is 2. The third-order valence-electron chi connectivity index (χ3n) is 5.87. The van der Waals surface area contributed by atoms with E-state index >= 15 is 0 Å². The van der Waals surface area contributed by atoms with Crippen LogP contribution in [-0.2, 0) is 9.47 Å². The fraction of sp³-hybridized carbons (Fsp3) is 0.455. The van der Waals surface area contributed by atoms with E-state index in [1.54, 1.807) is 7.11 Å². The third kappa shape index (κ3) is 4.03.